The van der Waals surface area contributed by atoms with E-state index in [-0.39, 0.29) is 0 Å². The van der Waals surface area contributed by atoms with Crippen molar-refractivity contribution in [3.8, 4) is 11.3 Å². The van der Waals surface area contributed by atoms with E-state index in [0.717, 1.165) is 17.1 Å². The zero-order valence-electron chi connectivity index (χ0n) is 10.7. The molecule has 102 valence electrons. The Morgan fingerprint density at radius 2 is 2.10 bits per heavy atom. The minimum Gasteiger partial charge on any atom is -0.459 e. The van der Waals surface area contributed by atoms with Gasteiger partial charge in [0.25, 0.3) is 5.95 Å². The van der Waals surface area contributed by atoms with E-state index in [1.54, 1.807) is 7.05 Å². The molecule has 1 aromatic carbocycles. The van der Waals surface area contributed by atoms with Gasteiger partial charge in [-0.3, -0.25) is 0 Å². The molecule has 20 heavy (non-hydrogen) atoms. The van der Waals surface area contributed by atoms with E-state index in [1.165, 1.54) is 4.80 Å². The smallest absolute Gasteiger partial charge is 0.263 e. The van der Waals surface area contributed by atoms with Crippen LogP contribution in [0.1, 0.15) is 5.76 Å². The van der Waals surface area contributed by atoms with Crippen molar-refractivity contribution in [1.29, 1.82) is 0 Å². The van der Waals surface area contributed by atoms with Crippen LogP contribution < -0.4 is 5.32 Å². The molecule has 0 bridgehead atoms. The fourth-order valence-corrected chi connectivity index (χ4v) is 2.03. The second-order valence-corrected chi connectivity index (χ2v) is 4.61. The Kier molecular flexibility index (Phi) is 3.39. The molecule has 0 atom stereocenters. The zero-order valence-corrected chi connectivity index (χ0v) is 11.5. The molecule has 0 radical (unpaired) electrons. The maximum atomic E-state index is 6.14. The lowest BCUT2D eigenvalue weighted by Gasteiger charge is -2.00. The first kappa shape index (κ1) is 12.7. The summed E-state index contributed by atoms with van der Waals surface area (Å²) in [7, 11) is 1.71. The van der Waals surface area contributed by atoms with E-state index in [4.69, 9.17) is 16.0 Å². The largest absolute Gasteiger partial charge is 0.459 e. The van der Waals surface area contributed by atoms with Crippen LogP contribution in [0.3, 0.4) is 0 Å². The van der Waals surface area contributed by atoms with Crippen LogP contribution in [0, 0.1) is 0 Å². The summed E-state index contributed by atoms with van der Waals surface area (Å²) < 4.78 is 5.75. The standard InChI is InChI=1S/C13H12ClN5O/c1-19-17-13(16-18-19)15-8-9-6-7-12(20-9)10-4-2-3-5-11(10)14/h2-7H,8H2,1H3,(H,15,17). The Bertz CT molecular complexity index is 721. The number of aryl methyl sites for hydroxylation is 1. The summed E-state index contributed by atoms with van der Waals surface area (Å²) in [5.74, 6) is 1.97. The molecule has 7 heteroatoms. The molecule has 0 saturated heterocycles. The van der Waals surface area contributed by atoms with E-state index in [2.05, 4.69) is 20.7 Å². The maximum Gasteiger partial charge on any atom is 0.263 e. The lowest BCUT2D eigenvalue weighted by Crippen LogP contribution is -2.00. The van der Waals surface area contributed by atoms with Crippen LogP contribution >= 0.6 is 11.6 Å². The molecule has 0 saturated carbocycles. The highest BCUT2D eigenvalue weighted by Gasteiger charge is 2.08. The molecule has 2 aromatic heterocycles. The highest BCUT2D eigenvalue weighted by molar-refractivity contribution is 6.33. The molecule has 0 aliphatic rings. The van der Waals surface area contributed by atoms with E-state index in [0.29, 0.717) is 17.5 Å². The van der Waals surface area contributed by atoms with Crippen LogP contribution in [0.5, 0.6) is 0 Å². The number of hydrogen-bond donors (Lipinski definition) is 1. The molecular weight excluding hydrogens is 278 g/mol. The van der Waals surface area contributed by atoms with E-state index in [9.17, 15) is 0 Å². The van der Waals surface area contributed by atoms with Crippen LogP contribution in [0.15, 0.2) is 40.8 Å². The number of benzene rings is 1. The minimum absolute atomic E-state index is 0.461. The van der Waals surface area contributed by atoms with Gasteiger partial charge >= 0.3 is 0 Å². The van der Waals surface area contributed by atoms with E-state index < -0.39 is 0 Å². The normalized spacial score (nSPS) is 10.7. The lowest BCUT2D eigenvalue weighted by molar-refractivity contribution is 0.530. The third-order valence-electron chi connectivity index (χ3n) is 2.73. The van der Waals surface area contributed by atoms with Crippen molar-refractivity contribution in [1.82, 2.24) is 20.2 Å². The van der Waals surface area contributed by atoms with Crippen molar-refractivity contribution < 1.29 is 4.42 Å². The van der Waals surface area contributed by atoms with Gasteiger partial charge in [-0.05, 0) is 29.5 Å². The number of tetrazole rings is 1. The molecule has 0 unspecified atom stereocenters. The van der Waals surface area contributed by atoms with Crippen molar-refractivity contribution >= 4 is 17.5 Å². The monoisotopic (exact) mass is 289 g/mol. The summed E-state index contributed by atoms with van der Waals surface area (Å²) in [5, 5.41) is 15.3. The number of hydrogen-bond acceptors (Lipinski definition) is 5. The molecule has 0 fully saturated rings. The lowest BCUT2D eigenvalue weighted by atomic mass is 10.2. The average Bonchev–Trinajstić information content (AvgIpc) is 3.06. The third kappa shape index (κ3) is 2.65. The minimum atomic E-state index is 0.461. The SMILES string of the molecule is Cn1nnc(NCc2ccc(-c3ccccc3Cl)o2)n1. The zero-order chi connectivity index (χ0) is 13.9. The van der Waals surface area contributed by atoms with Crippen LogP contribution in [0.4, 0.5) is 5.95 Å². The second kappa shape index (κ2) is 5.34. The third-order valence-corrected chi connectivity index (χ3v) is 3.06. The Morgan fingerprint density at radius 1 is 1.25 bits per heavy atom. The van der Waals surface area contributed by atoms with Crippen LogP contribution in [-0.4, -0.2) is 20.2 Å². The number of halogens is 1. The van der Waals surface area contributed by atoms with Crippen molar-refractivity contribution in [2.75, 3.05) is 5.32 Å². The van der Waals surface area contributed by atoms with Gasteiger partial charge in [-0.1, -0.05) is 28.8 Å². The summed E-state index contributed by atoms with van der Waals surface area (Å²) in [6.45, 7) is 0.482. The summed E-state index contributed by atoms with van der Waals surface area (Å²) in [6.07, 6.45) is 0. The van der Waals surface area contributed by atoms with Gasteiger partial charge in [-0.25, -0.2) is 0 Å². The quantitative estimate of drug-likeness (QED) is 0.800. The van der Waals surface area contributed by atoms with Crippen LogP contribution in [0.2, 0.25) is 5.02 Å². The van der Waals surface area contributed by atoms with Crippen LogP contribution in [0.25, 0.3) is 11.3 Å². The Balaban J connectivity index is 1.72. The predicted molar refractivity (Wildman–Crippen MR) is 75.3 cm³/mol. The van der Waals surface area contributed by atoms with Gasteiger partial charge in [0.2, 0.25) is 0 Å². The van der Waals surface area contributed by atoms with Gasteiger partial charge in [-0.15, -0.1) is 5.10 Å². The summed E-state index contributed by atoms with van der Waals surface area (Å²) >= 11 is 6.14. The number of nitrogens with zero attached hydrogens (tertiary/aromatic N) is 4. The highest BCUT2D eigenvalue weighted by Crippen LogP contribution is 2.29. The van der Waals surface area contributed by atoms with Gasteiger partial charge in [0.1, 0.15) is 11.5 Å². The Hall–Kier alpha value is -2.34. The molecule has 0 amide bonds. The Morgan fingerprint density at radius 3 is 2.85 bits per heavy atom. The summed E-state index contributed by atoms with van der Waals surface area (Å²) in [5.41, 5.74) is 0.873. The van der Waals surface area contributed by atoms with Crippen molar-refractivity contribution in [3.05, 3.63) is 47.2 Å². The van der Waals surface area contributed by atoms with Gasteiger partial charge in [0.15, 0.2) is 0 Å². The number of rotatable bonds is 4. The summed E-state index contributed by atoms with van der Waals surface area (Å²) in [6, 6.07) is 11.3. The number of furan rings is 1. The number of nitrogens with one attached hydrogen (secondary N) is 1. The molecule has 6 nitrogen and oxygen atoms in total. The van der Waals surface area contributed by atoms with Gasteiger partial charge in [0.05, 0.1) is 18.6 Å². The highest BCUT2D eigenvalue weighted by atomic mass is 35.5. The van der Waals surface area contributed by atoms with Crippen molar-refractivity contribution in [2.45, 2.75) is 6.54 Å². The fourth-order valence-electron chi connectivity index (χ4n) is 1.80. The van der Waals surface area contributed by atoms with Crippen molar-refractivity contribution in [2.24, 2.45) is 7.05 Å². The number of anilines is 1. The maximum absolute atomic E-state index is 6.14. The molecule has 0 aliphatic heterocycles. The van der Waals surface area contributed by atoms with Crippen molar-refractivity contribution in [3.63, 3.8) is 0 Å². The van der Waals surface area contributed by atoms with Gasteiger partial charge in [-0.2, -0.15) is 4.80 Å². The molecule has 3 aromatic rings. The van der Waals surface area contributed by atoms with Crippen LogP contribution in [-0.2, 0) is 13.6 Å². The molecule has 0 spiro atoms. The Labute approximate surface area is 120 Å². The van der Waals surface area contributed by atoms with Gasteiger partial charge < -0.3 is 9.73 Å². The van der Waals surface area contributed by atoms with E-state index >= 15 is 0 Å². The molecule has 2 heterocycles. The topological polar surface area (TPSA) is 68.8 Å². The molecule has 0 aliphatic carbocycles. The average molecular weight is 290 g/mol. The second-order valence-electron chi connectivity index (χ2n) is 4.20. The molecule has 3 rings (SSSR count). The van der Waals surface area contributed by atoms with Gasteiger partial charge in [0, 0.05) is 5.56 Å². The first-order chi connectivity index (χ1) is 9.72. The number of aromatic nitrogens is 4. The summed E-state index contributed by atoms with van der Waals surface area (Å²) in [4.78, 5) is 1.39. The fraction of sp³-hybridized carbons (Fsp3) is 0.154. The predicted octanol–water partition coefficient (Wildman–Crippen LogP) is 2.74. The molecule has 1 N–H and O–H groups in total. The first-order valence-electron chi connectivity index (χ1n) is 6.04. The first-order valence-corrected chi connectivity index (χ1v) is 6.41. The van der Waals surface area contributed by atoms with E-state index in [1.807, 2.05) is 36.4 Å². The molecular formula is C13H12ClN5O.